The first kappa shape index (κ1) is 42.4. The van der Waals surface area contributed by atoms with Crippen molar-refractivity contribution >= 4 is 103 Å². The Morgan fingerprint density at radius 1 is 0.264 bits per heavy atom. The van der Waals surface area contributed by atoms with E-state index in [2.05, 4.69) is 244 Å². The fourth-order valence-electron chi connectivity index (χ4n) is 11.0. The highest BCUT2D eigenvalue weighted by Crippen LogP contribution is 2.60. The molecule has 0 unspecified atom stereocenters. The van der Waals surface area contributed by atoms with Crippen LogP contribution in [0.25, 0.3) is 131 Å². The van der Waals surface area contributed by atoms with Crippen LogP contribution in [-0.4, -0.2) is 0 Å². The van der Waals surface area contributed by atoms with Crippen molar-refractivity contribution in [1.29, 1.82) is 0 Å². The van der Waals surface area contributed by atoms with E-state index in [4.69, 9.17) is 16.8 Å². The molecule has 0 N–H and O–H groups in total. The zero-order valence-electron chi connectivity index (χ0n) is 39.5. The molecule has 342 valence electrons. The van der Waals surface area contributed by atoms with E-state index in [0.29, 0.717) is 0 Å². The minimum atomic E-state index is -1.89. The van der Waals surface area contributed by atoms with Crippen molar-refractivity contribution in [3.63, 3.8) is 0 Å². The lowest BCUT2D eigenvalue weighted by atomic mass is 9.90. The molecule has 0 radical (unpaired) electrons. The van der Waals surface area contributed by atoms with Gasteiger partial charge in [-0.25, -0.2) is 0 Å². The Hall–Kier alpha value is -8.52. The quantitative estimate of drug-likeness (QED) is 0.172. The van der Waals surface area contributed by atoms with E-state index >= 15 is 0 Å². The standard InChI is InChI=1S/C66H44O4P2/c1-41-29-35-53(43-17-5-3-6-18-43)65(71-67-55-37-31-45-21-9-13-25-49(45)61(55)62-50-26-14-10-22-46(50)32-38-56(62)68-71)59(41)60-42(2)30-36-54(44-19-7-4-8-20-44)66(60)72-69-57-39-33-47-23-11-15-27-51(47)63(57)64-52-28-16-12-24-48(52)34-40-58(64)70-72/h3-40H,1-2H3. The summed E-state index contributed by atoms with van der Waals surface area (Å²) in [4.78, 5) is 0. The number of rotatable bonds is 5. The number of hydrogen-bond donors (Lipinski definition) is 0. The minimum absolute atomic E-state index is 0.781. The smallest absolute Gasteiger partial charge is 0.254 e. The lowest BCUT2D eigenvalue weighted by Crippen LogP contribution is -1.96. The van der Waals surface area contributed by atoms with Gasteiger partial charge in [0, 0.05) is 32.7 Å². The Balaban J connectivity index is 1.18. The second kappa shape index (κ2) is 17.1. The monoisotopic (exact) mass is 962 g/mol. The van der Waals surface area contributed by atoms with Gasteiger partial charge in [-0.05, 0) is 115 Å². The first-order valence-electron chi connectivity index (χ1n) is 24.3. The van der Waals surface area contributed by atoms with Crippen LogP contribution in [0.3, 0.4) is 0 Å². The van der Waals surface area contributed by atoms with Gasteiger partial charge >= 0.3 is 0 Å². The van der Waals surface area contributed by atoms with E-state index in [-0.39, 0.29) is 0 Å². The molecule has 14 rings (SSSR count). The average Bonchev–Trinajstić information content (AvgIpc) is 3.72. The summed E-state index contributed by atoms with van der Waals surface area (Å²) in [6.07, 6.45) is 0. The summed E-state index contributed by atoms with van der Waals surface area (Å²) in [6, 6.07) is 81.8. The third-order valence-corrected chi connectivity index (χ3v) is 17.5. The van der Waals surface area contributed by atoms with Crippen molar-refractivity contribution in [2.75, 3.05) is 0 Å². The molecule has 0 saturated carbocycles. The van der Waals surface area contributed by atoms with Gasteiger partial charge in [-0.15, -0.1) is 0 Å². The molecular weight excluding hydrogens is 919 g/mol. The van der Waals surface area contributed by atoms with E-state index in [1.165, 1.54) is 0 Å². The molecule has 0 spiro atoms. The molecule has 4 nitrogen and oxygen atoms in total. The maximum absolute atomic E-state index is 7.58. The molecule has 2 aromatic heterocycles. The van der Waals surface area contributed by atoms with E-state index in [9.17, 15) is 0 Å². The maximum atomic E-state index is 7.58. The largest absolute Gasteiger partial charge is 0.416 e. The fraction of sp³-hybridized carbons (Fsp3) is 0.0303. The average molecular weight is 963 g/mol. The van der Waals surface area contributed by atoms with Gasteiger partial charge in [0.2, 0.25) is 0 Å². The van der Waals surface area contributed by atoms with Crippen LogP contribution in [-0.2, 0) is 0 Å². The van der Waals surface area contributed by atoms with Crippen molar-refractivity contribution in [3.05, 3.63) is 242 Å². The lowest BCUT2D eigenvalue weighted by molar-refractivity contribution is 0.650. The minimum Gasteiger partial charge on any atom is -0.416 e. The fourth-order valence-corrected chi connectivity index (χ4v) is 14.5. The molecule has 14 aromatic rings. The van der Waals surface area contributed by atoms with Crippen LogP contribution >= 0.6 is 16.0 Å². The van der Waals surface area contributed by atoms with Crippen molar-refractivity contribution in [2.24, 2.45) is 0 Å². The van der Waals surface area contributed by atoms with Gasteiger partial charge in [0.05, 0.1) is 10.6 Å². The third kappa shape index (κ3) is 6.83. The highest BCUT2D eigenvalue weighted by Gasteiger charge is 2.29. The Morgan fingerprint density at radius 3 is 0.847 bits per heavy atom. The predicted molar refractivity (Wildman–Crippen MR) is 305 cm³/mol. The van der Waals surface area contributed by atoms with Crippen LogP contribution in [0.15, 0.2) is 247 Å². The number of aryl methyl sites for hydroxylation is 2. The molecule has 0 saturated heterocycles. The zero-order chi connectivity index (χ0) is 47.9. The van der Waals surface area contributed by atoms with Crippen molar-refractivity contribution in [1.82, 2.24) is 0 Å². The summed E-state index contributed by atoms with van der Waals surface area (Å²) >= 11 is 0. The summed E-state index contributed by atoms with van der Waals surface area (Å²) in [5.41, 5.74) is 11.6. The highest BCUT2D eigenvalue weighted by molar-refractivity contribution is 7.47. The Labute approximate surface area is 417 Å². The molecule has 2 heterocycles. The normalized spacial score (nSPS) is 11.8. The number of hydrogen-bond acceptors (Lipinski definition) is 4. The van der Waals surface area contributed by atoms with Crippen LogP contribution in [0.2, 0.25) is 0 Å². The summed E-state index contributed by atoms with van der Waals surface area (Å²) in [6.45, 7) is 4.43. The molecule has 0 amide bonds. The number of benzene rings is 12. The van der Waals surface area contributed by atoms with E-state index in [1.54, 1.807) is 0 Å². The molecule has 0 bridgehead atoms. The molecule has 0 fully saturated rings. The van der Waals surface area contributed by atoms with Crippen LogP contribution in [0.4, 0.5) is 0 Å². The third-order valence-electron chi connectivity index (χ3n) is 14.3. The molecule has 0 aliphatic heterocycles. The van der Waals surface area contributed by atoms with Gasteiger partial charge < -0.3 is 16.8 Å². The van der Waals surface area contributed by atoms with Gasteiger partial charge in [0.1, 0.15) is 22.3 Å². The Morgan fingerprint density at radius 2 is 0.542 bits per heavy atom. The molecular formula is C66H44O4P2. The molecule has 6 heteroatoms. The summed E-state index contributed by atoms with van der Waals surface area (Å²) < 4.78 is 30.3. The van der Waals surface area contributed by atoms with Gasteiger partial charge in [-0.2, -0.15) is 0 Å². The van der Waals surface area contributed by atoms with Crippen LogP contribution in [0.1, 0.15) is 11.1 Å². The summed E-state index contributed by atoms with van der Waals surface area (Å²) in [5.74, 6) is 0. The maximum Gasteiger partial charge on any atom is 0.254 e. The van der Waals surface area contributed by atoms with Crippen molar-refractivity contribution < 1.29 is 16.8 Å². The summed E-state index contributed by atoms with van der Waals surface area (Å²) in [5, 5.41) is 15.1. The molecule has 12 aromatic carbocycles. The van der Waals surface area contributed by atoms with Crippen LogP contribution in [0, 0.1) is 13.8 Å². The van der Waals surface area contributed by atoms with Crippen molar-refractivity contribution in [3.8, 4) is 44.0 Å². The Bertz CT molecular complexity index is 4100. The van der Waals surface area contributed by atoms with E-state index < -0.39 is 16.0 Å². The zero-order valence-corrected chi connectivity index (χ0v) is 41.3. The predicted octanol–water partition coefficient (Wildman–Crippen LogP) is 21.1. The second-order valence-electron chi connectivity index (χ2n) is 18.6. The van der Waals surface area contributed by atoms with Gasteiger partial charge in [-0.1, -0.05) is 206 Å². The van der Waals surface area contributed by atoms with Crippen LogP contribution in [0.5, 0.6) is 0 Å². The van der Waals surface area contributed by atoms with Gasteiger partial charge in [0.15, 0.2) is 0 Å². The highest BCUT2D eigenvalue weighted by atomic mass is 31.1. The first-order chi connectivity index (χ1) is 35.6. The first-order valence-corrected chi connectivity index (χ1v) is 26.7. The van der Waals surface area contributed by atoms with Gasteiger partial charge in [-0.3, -0.25) is 0 Å². The van der Waals surface area contributed by atoms with Crippen molar-refractivity contribution in [2.45, 2.75) is 13.8 Å². The Kier molecular flexibility index (Phi) is 10.1. The molecule has 72 heavy (non-hydrogen) atoms. The molecule has 0 aliphatic carbocycles. The molecule has 0 atom stereocenters. The van der Waals surface area contributed by atoms with E-state index in [0.717, 1.165) is 142 Å². The van der Waals surface area contributed by atoms with Gasteiger partial charge in [0.25, 0.3) is 16.0 Å². The van der Waals surface area contributed by atoms with E-state index in [1.807, 2.05) is 0 Å². The topological polar surface area (TPSA) is 52.6 Å². The number of fused-ring (bicyclic) bond motifs is 14. The second-order valence-corrected chi connectivity index (χ2v) is 21.2. The SMILES string of the molecule is Cc1ccc(-c2ccccc2)c(-p2oc3ccc4ccccc4c3c3c(ccc4ccccc43)o2)c1-c1c(C)ccc(-c2ccccc2)c1-p1oc2ccc3ccccc3c2c2c(ccc3ccccc32)o1. The lowest BCUT2D eigenvalue weighted by Gasteiger charge is -2.21. The molecule has 0 aliphatic rings. The van der Waals surface area contributed by atoms with Crippen LogP contribution < -0.4 is 0 Å². The summed E-state index contributed by atoms with van der Waals surface area (Å²) in [7, 11) is -3.79.